The number of nitrogens with one attached hydrogen (secondary N) is 1. The van der Waals surface area contributed by atoms with Crippen molar-refractivity contribution < 1.29 is 14.8 Å². The van der Waals surface area contributed by atoms with Crippen LogP contribution in [-0.4, -0.2) is 33.5 Å². The van der Waals surface area contributed by atoms with Crippen LogP contribution < -0.4 is 5.32 Å². The number of carboxylic acid groups (broad SMARTS) is 1. The predicted molar refractivity (Wildman–Crippen MR) is 78.6 cm³/mol. The minimum absolute atomic E-state index is 0.0716. The fourth-order valence-corrected chi connectivity index (χ4v) is 3.46. The monoisotopic (exact) mass is 296 g/mol. The Morgan fingerprint density at radius 3 is 2.85 bits per heavy atom. The van der Waals surface area contributed by atoms with Gasteiger partial charge in [0, 0.05) is 23.4 Å². The van der Waals surface area contributed by atoms with Gasteiger partial charge in [-0.1, -0.05) is 6.42 Å². The normalized spacial score (nSPS) is 21.6. The lowest BCUT2D eigenvalue weighted by molar-refractivity contribution is -0.384. The van der Waals surface area contributed by atoms with Crippen molar-refractivity contribution in [3.63, 3.8) is 0 Å². The van der Waals surface area contributed by atoms with E-state index in [1.807, 2.05) is 6.26 Å². The summed E-state index contributed by atoms with van der Waals surface area (Å²) in [6.07, 6.45) is 5.14. The lowest BCUT2D eigenvalue weighted by atomic mass is 10.1. The zero-order valence-electron chi connectivity index (χ0n) is 11.0. The number of nitrogens with zero attached hydrogens (tertiary/aromatic N) is 1. The number of non-ortho nitro benzene ring substituents is 1. The first-order valence-electron chi connectivity index (χ1n) is 6.34. The second-order valence-corrected chi connectivity index (χ2v) is 5.82. The van der Waals surface area contributed by atoms with Crippen LogP contribution in [0.3, 0.4) is 0 Å². The first-order chi connectivity index (χ1) is 9.52. The summed E-state index contributed by atoms with van der Waals surface area (Å²) in [5.41, 5.74) is 0.302. The van der Waals surface area contributed by atoms with Crippen LogP contribution in [0.4, 0.5) is 11.4 Å². The molecule has 0 amide bonds. The minimum atomic E-state index is -1.08. The molecular formula is C13H16N2O4S. The first-order valence-corrected chi connectivity index (χ1v) is 7.62. The maximum Gasteiger partial charge on any atom is 0.337 e. The van der Waals surface area contributed by atoms with Crippen LogP contribution >= 0.6 is 11.8 Å². The molecular weight excluding hydrogens is 280 g/mol. The van der Waals surface area contributed by atoms with E-state index in [4.69, 9.17) is 0 Å². The molecule has 1 aromatic carbocycles. The fraction of sp³-hybridized carbons (Fsp3) is 0.462. The van der Waals surface area contributed by atoms with Gasteiger partial charge in [-0.05, 0) is 25.2 Å². The van der Waals surface area contributed by atoms with Gasteiger partial charge in [-0.25, -0.2) is 4.79 Å². The number of rotatable bonds is 5. The van der Waals surface area contributed by atoms with E-state index in [2.05, 4.69) is 5.32 Å². The summed E-state index contributed by atoms with van der Waals surface area (Å²) in [6.45, 7) is 0. The smallest absolute Gasteiger partial charge is 0.337 e. The van der Waals surface area contributed by atoms with Gasteiger partial charge in [0.1, 0.15) is 0 Å². The van der Waals surface area contributed by atoms with Crippen LogP contribution in [0.25, 0.3) is 0 Å². The zero-order valence-corrected chi connectivity index (χ0v) is 11.9. The zero-order chi connectivity index (χ0) is 14.7. The molecule has 0 spiro atoms. The van der Waals surface area contributed by atoms with Crippen molar-refractivity contribution >= 4 is 29.1 Å². The van der Waals surface area contributed by atoms with Crippen molar-refractivity contribution in [2.24, 2.45) is 0 Å². The molecule has 0 aromatic heterocycles. The van der Waals surface area contributed by atoms with Crippen LogP contribution in [0, 0.1) is 10.1 Å². The summed E-state index contributed by atoms with van der Waals surface area (Å²) < 4.78 is 0. The van der Waals surface area contributed by atoms with E-state index in [1.165, 1.54) is 18.2 Å². The lowest BCUT2D eigenvalue weighted by Crippen LogP contribution is -2.26. The molecule has 108 valence electrons. The highest BCUT2D eigenvalue weighted by molar-refractivity contribution is 7.99. The predicted octanol–water partition coefficient (Wildman–Crippen LogP) is 2.99. The Kier molecular flexibility index (Phi) is 4.49. The average Bonchev–Trinajstić information content (AvgIpc) is 2.85. The van der Waals surface area contributed by atoms with Crippen LogP contribution in [0.15, 0.2) is 18.2 Å². The molecule has 0 aliphatic heterocycles. The van der Waals surface area contributed by atoms with Gasteiger partial charge in [0.05, 0.1) is 16.2 Å². The Hall–Kier alpha value is -1.76. The molecule has 1 aliphatic carbocycles. The summed E-state index contributed by atoms with van der Waals surface area (Å²) in [7, 11) is 0. The Labute approximate surface area is 120 Å². The molecule has 0 saturated heterocycles. The third-order valence-electron chi connectivity index (χ3n) is 3.54. The van der Waals surface area contributed by atoms with Crippen molar-refractivity contribution in [2.45, 2.75) is 30.6 Å². The van der Waals surface area contributed by atoms with E-state index in [0.717, 1.165) is 19.3 Å². The van der Waals surface area contributed by atoms with Crippen LogP contribution in [0.1, 0.15) is 29.6 Å². The van der Waals surface area contributed by atoms with Gasteiger partial charge in [-0.2, -0.15) is 11.8 Å². The molecule has 2 rings (SSSR count). The second kappa shape index (κ2) is 6.13. The van der Waals surface area contributed by atoms with Crippen LogP contribution in [-0.2, 0) is 0 Å². The van der Waals surface area contributed by atoms with Crippen molar-refractivity contribution in [2.75, 3.05) is 11.6 Å². The summed E-state index contributed by atoms with van der Waals surface area (Å²) in [6, 6.07) is 3.96. The molecule has 1 fully saturated rings. The number of aromatic carboxylic acids is 1. The fourth-order valence-electron chi connectivity index (χ4n) is 2.52. The van der Waals surface area contributed by atoms with E-state index in [1.54, 1.807) is 11.8 Å². The number of carboxylic acids is 1. The molecule has 20 heavy (non-hydrogen) atoms. The molecule has 1 saturated carbocycles. The Balaban J connectivity index is 2.30. The molecule has 1 aliphatic rings. The maximum atomic E-state index is 11.2. The van der Waals surface area contributed by atoms with Gasteiger partial charge < -0.3 is 10.4 Å². The van der Waals surface area contributed by atoms with E-state index in [-0.39, 0.29) is 17.3 Å². The summed E-state index contributed by atoms with van der Waals surface area (Å²) >= 11 is 1.74. The lowest BCUT2D eigenvalue weighted by Gasteiger charge is -2.21. The maximum absolute atomic E-state index is 11.2. The van der Waals surface area contributed by atoms with E-state index in [9.17, 15) is 20.0 Å². The van der Waals surface area contributed by atoms with Crippen molar-refractivity contribution in [3.05, 3.63) is 33.9 Å². The Morgan fingerprint density at radius 2 is 2.25 bits per heavy atom. The number of thioether (sulfide) groups is 1. The van der Waals surface area contributed by atoms with Gasteiger partial charge in [-0.3, -0.25) is 10.1 Å². The molecule has 0 heterocycles. The largest absolute Gasteiger partial charge is 0.478 e. The van der Waals surface area contributed by atoms with Crippen molar-refractivity contribution in [3.8, 4) is 0 Å². The summed E-state index contributed by atoms with van der Waals surface area (Å²) in [5.74, 6) is -1.08. The first kappa shape index (κ1) is 14.6. The second-order valence-electron chi connectivity index (χ2n) is 4.75. The van der Waals surface area contributed by atoms with Gasteiger partial charge in [-0.15, -0.1) is 0 Å². The van der Waals surface area contributed by atoms with Gasteiger partial charge in [0.2, 0.25) is 0 Å². The van der Waals surface area contributed by atoms with Crippen LogP contribution in [0.5, 0.6) is 0 Å². The Bertz CT molecular complexity index is 535. The van der Waals surface area contributed by atoms with Gasteiger partial charge in [0.15, 0.2) is 0 Å². The number of nitro groups is 1. The molecule has 6 nitrogen and oxygen atoms in total. The van der Waals surface area contributed by atoms with Crippen LogP contribution in [0.2, 0.25) is 0 Å². The minimum Gasteiger partial charge on any atom is -0.478 e. The highest BCUT2D eigenvalue weighted by Crippen LogP contribution is 2.32. The summed E-state index contributed by atoms with van der Waals surface area (Å²) in [5, 5.41) is 23.6. The number of anilines is 1. The molecule has 2 atom stereocenters. The molecule has 2 unspecified atom stereocenters. The number of hydrogen-bond donors (Lipinski definition) is 2. The number of nitro benzene ring substituents is 1. The topological polar surface area (TPSA) is 92.5 Å². The quantitative estimate of drug-likeness (QED) is 0.641. The molecule has 0 bridgehead atoms. The standard InChI is InChI=1S/C13H16N2O4S/c1-20-12-4-2-3-10(12)14-11-7-8(15(18)19)5-6-9(11)13(16)17/h5-7,10,12,14H,2-4H2,1H3,(H,16,17). The SMILES string of the molecule is CSC1CCCC1Nc1cc([N+](=O)[O-])ccc1C(=O)O. The van der Waals surface area contributed by atoms with Crippen molar-refractivity contribution in [1.29, 1.82) is 0 Å². The third kappa shape index (κ3) is 3.04. The number of hydrogen-bond acceptors (Lipinski definition) is 5. The number of carbonyl (C=O) groups is 1. The molecule has 1 aromatic rings. The van der Waals surface area contributed by atoms with Gasteiger partial charge in [0.25, 0.3) is 5.69 Å². The highest BCUT2D eigenvalue weighted by Gasteiger charge is 2.28. The summed E-state index contributed by atoms with van der Waals surface area (Å²) in [4.78, 5) is 21.5. The van der Waals surface area contributed by atoms with E-state index < -0.39 is 10.9 Å². The van der Waals surface area contributed by atoms with Crippen molar-refractivity contribution in [1.82, 2.24) is 0 Å². The van der Waals surface area contributed by atoms with Gasteiger partial charge >= 0.3 is 5.97 Å². The number of benzene rings is 1. The molecule has 7 heteroatoms. The third-order valence-corrected chi connectivity index (χ3v) is 4.71. The highest BCUT2D eigenvalue weighted by atomic mass is 32.2. The van der Waals surface area contributed by atoms with E-state index >= 15 is 0 Å². The Morgan fingerprint density at radius 1 is 1.50 bits per heavy atom. The van der Waals surface area contributed by atoms with E-state index in [0.29, 0.717) is 10.9 Å². The average molecular weight is 296 g/mol. The molecule has 0 radical (unpaired) electrons. The molecule has 2 N–H and O–H groups in total.